The van der Waals surface area contributed by atoms with Crippen molar-refractivity contribution in [1.29, 1.82) is 0 Å². The van der Waals surface area contributed by atoms with E-state index < -0.39 is 0 Å². The molecule has 0 saturated carbocycles. The van der Waals surface area contributed by atoms with Crippen molar-refractivity contribution in [2.45, 2.75) is 0 Å². The van der Waals surface area contributed by atoms with Crippen LogP contribution in [0.15, 0.2) is 200 Å². The highest BCUT2D eigenvalue weighted by molar-refractivity contribution is 7.25. The summed E-state index contributed by atoms with van der Waals surface area (Å²) < 4.78 is 2.65. The first kappa shape index (κ1) is 30.4. The third-order valence-corrected chi connectivity index (χ3v) is 11.4. The molecule has 0 bridgehead atoms. The third-order valence-electron chi connectivity index (χ3n) is 10.3. The van der Waals surface area contributed by atoms with Crippen LogP contribution in [0, 0.1) is 0 Å². The minimum absolute atomic E-state index is 1.11. The predicted molar refractivity (Wildman–Crippen MR) is 225 cm³/mol. The average molecular weight is 680 g/mol. The highest BCUT2D eigenvalue weighted by Crippen LogP contribution is 2.45. The van der Waals surface area contributed by atoms with Gasteiger partial charge in [-0.3, -0.25) is 0 Å². The van der Waals surface area contributed by atoms with Gasteiger partial charge in [-0.2, -0.15) is 0 Å². The van der Waals surface area contributed by atoms with E-state index in [1.54, 1.807) is 0 Å². The normalized spacial score (nSPS) is 11.5. The Balaban J connectivity index is 1.12. The lowest BCUT2D eigenvalue weighted by Gasteiger charge is -2.29. The van der Waals surface area contributed by atoms with Crippen LogP contribution in [0.4, 0.5) is 17.1 Å². The summed E-state index contributed by atoms with van der Waals surface area (Å²) in [5, 5.41) is 7.58. The first-order chi connectivity index (χ1) is 25.8. The van der Waals surface area contributed by atoms with E-state index >= 15 is 0 Å². The van der Waals surface area contributed by atoms with E-state index in [2.05, 4.69) is 205 Å². The number of benzene rings is 9. The van der Waals surface area contributed by atoms with E-state index in [9.17, 15) is 0 Å². The van der Waals surface area contributed by atoms with Crippen molar-refractivity contribution < 1.29 is 0 Å². The van der Waals surface area contributed by atoms with E-state index in [1.807, 2.05) is 11.3 Å². The molecule has 0 atom stereocenters. The fourth-order valence-electron chi connectivity index (χ4n) is 7.76. The fraction of sp³-hybridized carbons (Fsp3) is 0. The Morgan fingerprint density at radius 3 is 1.71 bits per heavy atom. The van der Waals surface area contributed by atoms with Gasteiger partial charge in [0.2, 0.25) is 0 Å². The molecule has 0 aliphatic rings. The maximum Gasteiger partial charge on any atom is 0.0540 e. The number of rotatable bonds is 6. The van der Waals surface area contributed by atoms with Gasteiger partial charge >= 0.3 is 0 Å². The van der Waals surface area contributed by atoms with Gasteiger partial charge in [0.15, 0.2) is 0 Å². The number of para-hydroxylation sites is 1. The Kier molecular flexibility index (Phi) is 7.41. The molecule has 1 nitrogen and oxygen atoms in total. The largest absolute Gasteiger partial charge is 0.309 e. The van der Waals surface area contributed by atoms with E-state index in [1.165, 1.54) is 75.1 Å². The predicted octanol–water partition coefficient (Wildman–Crippen LogP) is 14.8. The summed E-state index contributed by atoms with van der Waals surface area (Å²) in [4.78, 5) is 2.43. The second-order valence-corrected chi connectivity index (χ2v) is 14.4. The molecule has 9 aromatic carbocycles. The second kappa shape index (κ2) is 12.7. The smallest absolute Gasteiger partial charge is 0.0540 e. The summed E-state index contributed by atoms with van der Waals surface area (Å²) in [5.74, 6) is 0. The zero-order valence-electron chi connectivity index (χ0n) is 28.4. The number of nitrogens with zero attached hydrogens (tertiary/aromatic N) is 1. The zero-order valence-corrected chi connectivity index (χ0v) is 29.2. The van der Waals surface area contributed by atoms with E-state index in [0.29, 0.717) is 0 Å². The Hall–Kier alpha value is -6.48. The van der Waals surface area contributed by atoms with Crippen LogP contribution in [0.25, 0.3) is 75.1 Å². The van der Waals surface area contributed by atoms with Crippen molar-refractivity contribution in [2.24, 2.45) is 0 Å². The van der Waals surface area contributed by atoms with Gasteiger partial charge in [-0.05, 0) is 92.5 Å². The minimum atomic E-state index is 1.11. The highest BCUT2D eigenvalue weighted by Gasteiger charge is 2.20. The number of fused-ring (bicyclic) bond motifs is 5. The minimum Gasteiger partial charge on any atom is -0.309 e. The Labute approximate surface area is 307 Å². The van der Waals surface area contributed by atoms with Crippen molar-refractivity contribution in [3.63, 3.8) is 0 Å². The van der Waals surface area contributed by atoms with Crippen molar-refractivity contribution in [3.8, 4) is 33.4 Å². The van der Waals surface area contributed by atoms with Gasteiger partial charge in [-0.1, -0.05) is 152 Å². The Bertz CT molecular complexity index is 2910. The van der Waals surface area contributed by atoms with E-state index in [-0.39, 0.29) is 0 Å². The van der Waals surface area contributed by atoms with Gasteiger partial charge in [0, 0.05) is 36.8 Å². The first-order valence-corrected chi connectivity index (χ1v) is 18.6. The molecular weight excluding hydrogens is 647 g/mol. The number of hydrogen-bond donors (Lipinski definition) is 0. The molecule has 0 radical (unpaired) electrons. The van der Waals surface area contributed by atoms with Crippen LogP contribution < -0.4 is 4.90 Å². The molecule has 0 N–H and O–H groups in total. The van der Waals surface area contributed by atoms with Gasteiger partial charge in [-0.15, -0.1) is 11.3 Å². The average Bonchev–Trinajstić information content (AvgIpc) is 3.59. The molecular formula is C50H33NS. The topological polar surface area (TPSA) is 3.24 Å². The maximum absolute atomic E-state index is 2.43. The molecule has 10 aromatic rings. The summed E-state index contributed by atoms with van der Waals surface area (Å²) in [6.45, 7) is 0. The number of anilines is 3. The van der Waals surface area contributed by atoms with Crippen LogP contribution in [-0.2, 0) is 0 Å². The SMILES string of the molecule is c1cc(-c2ccccc2N(c2ccc(-c3ccc4sc5ccccc5c4c3)cc2)c2cccc3ccccc23)cc(-c2cccc3ccccc23)c1. The van der Waals surface area contributed by atoms with Gasteiger partial charge < -0.3 is 4.90 Å². The van der Waals surface area contributed by atoms with E-state index in [4.69, 9.17) is 0 Å². The first-order valence-electron chi connectivity index (χ1n) is 17.8. The molecule has 0 amide bonds. The number of hydrogen-bond acceptors (Lipinski definition) is 2. The monoisotopic (exact) mass is 679 g/mol. The van der Waals surface area contributed by atoms with Crippen LogP contribution >= 0.6 is 11.3 Å². The Morgan fingerprint density at radius 2 is 0.865 bits per heavy atom. The van der Waals surface area contributed by atoms with Crippen LogP contribution in [-0.4, -0.2) is 0 Å². The lowest BCUT2D eigenvalue weighted by atomic mass is 9.94. The summed E-state index contributed by atoms with van der Waals surface area (Å²) in [5.41, 5.74) is 10.6. The van der Waals surface area contributed by atoms with Crippen LogP contribution in [0.3, 0.4) is 0 Å². The van der Waals surface area contributed by atoms with Gasteiger partial charge in [-0.25, -0.2) is 0 Å². The van der Waals surface area contributed by atoms with E-state index in [0.717, 1.165) is 17.1 Å². The summed E-state index contributed by atoms with van der Waals surface area (Å²) >= 11 is 1.86. The van der Waals surface area contributed by atoms with Crippen LogP contribution in [0.5, 0.6) is 0 Å². The summed E-state index contributed by atoms with van der Waals surface area (Å²) in [6.07, 6.45) is 0. The molecule has 10 rings (SSSR count). The standard InChI is InChI=1S/C50H33NS/c1-3-18-41-35(12-1)14-10-22-42(41)38-16-9-17-39(32-38)44-20-5-7-23-47(44)51(48-24-11-15-36-13-2-4-19-43(36)48)40-29-26-34(27-30-40)37-28-31-50-46(33-37)45-21-6-8-25-49(45)52-50/h1-33H. The van der Waals surface area contributed by atoms with Crippen LogP contribution in [0.2, 0.25) is 0 Å². The van der Waals surface area contributed by atoms with Crippen molar-refractivity contribution in [3.05, 3.63) is 200 Å². The summed E-state index contributed by atoms with van der Waals surface area (Å²) in [7, 11) is 0. The fourth-order valence-corrected chi connectivity index (χ4v) is 8.85. The summed E-state index contributed by atoms with van der Waals surface area (Å²) in [6, 6.07) is 73.0. The van der Waals surface area contributed by atoms with Gasteiger partial charge in [0.05, 0.1) is 11.4 Å². The van der Waals surface area contributed by atoms with Crippen molar-refractivity contribution >= 4 is 70.1 Å². The zero-order chi connectivity index (χ0) is 34.4. The van der Waals surface area contributed by atoms with Crippen LogP contribution in [0.1, 0.15) is 0 Å². The van der Waals surface area contributed by atoms with Gasteiger partial charge in [0.1, 0.15) is 0 Å². The molecule has 0 saturated heterocycles. The Morgan fingerprint density at radius 1 is 0.308 bits per heavy atom. The molecule has 1 aromatic heterocycles. The lowest BCUT2D eigenvalue weighted by Crippen LogP contribution is -2.11. The van der Waals surface area contributed by atoms with Crippen molar-refractivity contribution in [2.75, 3.05) is 4.90 Å². The number of thiophene rings is 1. The molecule has 0 fully saturated rings. The molecule has 0 unspecified atom stereocenters. The molecule has 0 aliphatic carbocycles. The molecule has 2 heteroatoms. The van der Waals surface area contributed by atoms with Gasteiger partial charge in [0.25, 0.3) is 0 Å². The molecule has 1 heterocycles. The molecule has 0 aliphatic heterocycles. The molecule has 52 heavy (non-hydrogen) atoms. The quantitative estimate of drug-likeness (QED) is 0.169. The highest BCUT2D eigenvalue weighted by atomic mass is 32.1. The third kappa shape index (κ3) is 5.24. The maximum atomic E-state index is 2.43. The second-order valence-electron chi connectivity index (χ2n) is 13.3. The molecule has 244 valence electrons. The van der Waals surface area contributed by atoms with Crippen molar-refractivity contribution in [1.82, 2.24) is 0 Å². The molecule has 0 spiro atoms. The lowest BCUT2D eigenvalue weighted by molar-refractivity contribution is 1.30.